The van der Waals surface area contributed by atoms with E-state index in [1.165, 1.54) is 37.0 Å². The first-order chi connectivity index (χ1) is 17.2. The Morgan fingerprint density at radius 1 is 1.03 bits per heavy atom. The van der Waals surface area contributed by atoms with E-state index in [0.29, 0.717) is 57.2 Å². The van der Waals surface area contributed by atoms with Gasteiger partial charge in [0.2, 0.25) is 12.5 Å². The van der Waals surface area contributed by atoms with Crippen molar-refractivity contribution in [2.45, 2.75) is 6.18 Å². The summed E-state index contributed by atoms with van der Waals surface area (Å²) in [5.74, 6) is 2.52. The number of hydrogen-bond donors (Lipinski definition) is 1. The minimum absolute atomic E-state index is 0.0550. The molecule has 10 nitrogen and oxygen atoms in total. The second kappa shape index (κ2) is 9.11. The van der Waals surface area contributed by atoms with Gasteiger partial charge in [0.25, 0.3) is 11.0 Å². The van der Waals surface area contributed by atoms with E-state index in [0.717, 1.165) is 0 Å². The summed E-state index contributed by atoms with van der Waals surface area (Å²) >= 11 is 6.57. The number of rotatable bonds is 6. The third kappa shape index (κ3) is 4.16. The second-order valence-corrected chi connectivity index (χ2v) is 8.90. The number of benzene rings is 2. The maximum absolute atomic E-state index is 13.4. The molecule has 0 radical (unpaired) electrons. The Labute approximate surface area is 211 Å². The lowest BCUT2D eigenvalue weighted by molar-refractivity contribution is -0.545. The fraction of sp³-hybridized carbons (Fsp3) is 0.238. The van der Waals surface area contributed by atoms with Gasteiger partial charge < -0.3 is 23.7 Å². The highest BCUT2D eigenvalue weighted by Crippen LogP contribution is 2.44. The normalized spacial score (nSPS) is 14.8. The average Bonchev–Trinajstić information content (AvgIpc) is 3.59. The van der Waals surface area contributed by atoms with Crippen LogP contribution in [0.1, 0.15) is 11.3 Å². The second-order valence-electron chi connectivity index (χ2n) is 7.32. The van der Waals surface area contributed by atoms with Crippen molar-refractivity contribution in [2.75, 3.05) is 38.4 Å². The molecule has 0 saturated carbocycles. The number of methoxy groups -OCH3 is 3. The highest BCUT2D eigenvalue weighted by Gasteiger charge is 2.41. The number of fused-ring (bicyclic) bond motifs is 1. The van der Waals surface area contributed by atoms with Gasteiger partial charge in [-0.25, -0.2) is 4.98 Å². The van der Waals surface area contributed by atoms with Crippen LogP contribution in [0.3, 0.4) is 0 Å². The number of ether oxygens (including phenoxy) is 5. The van der Waals surface area contributed by atoms with Crippen LogP contribution < -0.4 is 39.3 Å². The molecule has 2 aromatic carbocycles. The first-order valence-electron chi connectivity index (χ1n) is 10.2. The number of aromatic nitrogens is 1. The van der Waals surface area contributed by atoms with Crippen molar-refractivity contribution in [2.24, 2.45) is 5.10 Å². The van der Waals surface area contributed by atoms with Gasteiger partial charge in [-0.1, -0.05) is 33.2 Å². The van der Waals surface area contributed by atoms with Crippen molar-refractivity contribution < 1.29 is 42.3 Å². The van der Waals surface area contributed by atoms with Crippen molar-refractivity contribution in [1.29, 1.82) is 0 Å². The van der Waals surface area contributed by atoms with E-state index in [1.807, 2.05) is 0 Å². The smallest absolute Gasteiger partial charge is 0.435 e. The molecule has 0 aliphatic carbocycles. The summed E-state index contributed by atoms with van der Waals surface area (Å²) in [5, 5.41) is 7.29. The van der Waals surface area contributed by atoms with Crippen LogP contribution in [0.2, 0.25) is 4.34 Å². The fourth-order valence-corrected chi connectivity index (χ4v) is 4.73. The zero-order valence-corrected chi connectivity index (χ0v) is 20.5. The summed E-state index contributed by atoms with van der Waals surface area (Å²) < 4.78 is 66.8. The first kappa shape index (κ1) is 24.1. The number of nitrogens with zero attached hydrogens (tertiary/aromatic N) is 4. The molecule has 15 heteroatoms. The molecule has 0 atom stereocenters. The Morgan fingerprint density at radius 2 is 1.72 bits per heavy atom. The number of thiazole rings is 1. The van der Waals surface area contributed by atoms with Gasteiger partial charge >= 0.3 is 6.18 Å². The highest BCUT2D eigenvalue weighted by atomic mass is 35.5. The van der Waals surface area contributed by atoms with E-state index in [2.05, 4.69) is 10.1 Å². The van der Waals surface area contributed by atoms with Crippen molar-refractivity contribution in [1.82, 2.24) is 4.98 Å². The molecule has 2 aliphatic rings. The Balaban J connectivity index is 1.62. The maximum Gasteiger partial charge on any atom is 0.435 e. The lowest BCUT2D eigenvalue weighted by atomic mass is 10.2. The van der Waals surface area contributed by atoms with Crippen LogP contribution in [0, 0.1) is 0 Å². The van der Waals surface area contributed by atoms with Crippen LogP contribution in [-0.2, 0) is 6.18 Å². The van der Waals surface area contributed by atoms with Crippen LogP contribution in [0.25, 0.3) is 0 Å². The largest absolute Gasteiger partial charge is 0.493 e. The predicted molar refractivity (Wildman–Crippen MR) is 124 cm³/mol. The van der Waals surface area contributed by atoms with Crippen LogP contribution in [-0.4, -0.2) is 38.9 Å². The molecule has 0 unspecified atom stereocenters. The monoisotopic (exact) mass is 544 g/mol. The number of anilines is 2. The number of amidine groups is 1. The Kier molecular flexibility index (Phi) is 6.10. The van der Waals surface area contributed by atoms with E-state index in [-0.39, 0.29) is 11.9 Å². The molecule has 2 aliphatic heterocycles. The van der Waals surface area contributed by atoms with Gasteiger partial charge in [0, 0.05) is 12.1 Å². The molecule has 0 saturated heterocycles. The third-order valence-corrected chi connectivity index (χ3v) is 6.48. The zero-order valence-electron chi connectivity index (χ0n) is 18.9. The summed E-state index contributed by atoms with van der Waals surface area (Å²) in [6.07, 6.45) is -4.72. The summed E-state index contributed by atoms with van der Waals surface area (Å²) in [4.78, 5) is 3.75. The van der Waals surface area contributed by atoms with Crippen molar-refractivity contribution in [3.05, 3.63) is 45.9 Å². The molecule has 1 aromatic heterocycles. The Bertz CT molecular complexity index is 1330. The molecule has 2 N–H and O–H groups in total. The van der Waals surface area contributed by atoms with E-state index < -0.39 is 16.2 Å². The van der Waals surface area contributed by atoms with Crippen LogP contribution in [0.5, 0.6) is 28.7 Å². The number of hydrogen-bond acceptors (Lipinski definition) is 10. The van der Waals surface area contributed by atoms with Crippen molar-refractivity contribution in [3.63, 3.8) is 0 Å². The number of halogens is 4. The van der Waals surface area contributed by atoms with Gasteiger partial charge in [-0.3, -0.25) is 0 Å². The molecule has 3 aromatic rings. The lowest BCUT2D eigenvalue weighted by Gasteiger charge is -2.23. The first-order valence-corrected chi connectivity index (χ1v) is 11.4. The predicted octanol–water partition coefficient (Wildman–Crippen LogP) is 3.65. The molecule has 0 fully saturated rings. The molecular weight excluding hydrogens is 527 g/mol. The Morgan fingerprint density at radius 3 is 2.33 bits per heavy atom. The Hall–Kier alpha value is -3.62. The molecular formula is C21H18ClF3N5O5S+. The van der Waals surface area contributed by atoms with E-state index in [9.17, 15) is 13.2 Å². The van der Waals surface area contributed by atoms with Gasteiger partial charge in [-0.15, -0.1) is 5.12 Å². The SMILES string of the molecule is COc1cc(N2N=C(c3ccc4c(c3)OCO4)[NH2+]N2c2nc(C(F)(F)F)c(Cl)s2)cc(OC)c1OC. The van der Waals surface area contributed by atoms with Crippen LogP contribution >= 0.6 is 22.9 Å². The maximum atomic E-state index is 13.4. The van der Waals surface area contributed by atoms with E-state index in [1.54, 1.807) is 30.3 Å². The number of quaternary nitrogens is 1. The van der Waals surface area contributed by atoms with Crippen LogP contribution in [0.15, 0.2) is 35.4 Å². The third-order valence-electron chi connectivity index (χ3n) is 5.24. The summed E-state index contributed by atoms with van der Waals surface area (Å²) in [6.45, 7) is 0.0937. The van der Waals surface area contributed by atoms with Gasteiger partial charge in [0.1, 0.15) is 4.34 Å². The van der Waals surface area contributed by atoms with Crippen LogP contribution in [0.4, 0.5) is 24.0 Å². The zero-order chi connectivity index (χ0) is 25.6. The van der Waals surface area contributed by atoms with Gasteiger partial charge in [0.05, 0.1) is 32.6 Å². The molecule has 36 heavy (non-hydrogen) atoms. The number of hydrazone groups is 1. The molecule has 190 valence electrons. The topological polar surface area (TPSA) is 94.5 Å². The number of nitrogens with two attached hydrogens (primary N) is 1. The lowest BCUT2D eigenvalue weighted by Crippen LogP contribution is -2.96. The standard InChI is InChI=1S/C21H17ClF3N5O5S/c1-31-14-7-11(8-15(32-2)16(14)33-3)29-27-19(10-4-5-12-13(6-10)35-9-34-12)28-30(29)20-26-17(18(22)36-20)21(23,24)25/h4-8H,9H2,1-3H3,(H,27,28)/p+1. The highest BCUT2D eigenvalue weighted by molar-refractivity contribution is 7.19. The summed E-state index contributed by atoms with van der Waals surface area (Å²) in [6, 6.07) is 8.42. The minimum Gasteiger partial charge on any atom is -0.493 e. The molecule has 3 heterocycles. The molecule has 0 bridgehead atoms. The summed E-state index contributed by atoms with van der Waals surface area (Å²) in [5.41, 5.74) is 1.39. The minimum atomic E-state index is -4.72. The van der Waals surface area contributed by atoms with Gasteiger partial charge in [0.15, 0.2) is 28.7 Å². The van der Waals surface area contributed by atoms with E-state index in [4.69, 9.17) is 35.3 Å². The van der Waals surface area contributed by atoms with Crippen molar-refractivity contribution >= 4 is 39.6 Å². The van der Waals surface area contributed by atoms with Crippen molar-refractivity contribution in [3.8, 4) is 28.7 Å². The molecule has 5 rings (SSSR count). The van der Waals surface area contributed by atoms with Gasteiger partial charge in [-0.05, 0) is 18.2 Å². The fourth-order valence-electron chi connectivity index (χ4n) is 3.60. The number of hydrazine groups is 1. The molecule has 0 amide bonds. The quantitative estimate of drug-likeness (QED) is 0.470. The molecule has 0 spiro atoms. The average molecular weight is 545 g/mol. The number of alkyl halides is 3. The van der Waals surface area contributed by atoms with Gasteiger partial charge in [-0.2, -0.15) is 18.6 Å². The summed E-state index contributed by atoms with van der Waals surface area (Å²) in [7, 11) is 4.36. The van der Waals surface area contributed by atoms with E-state index >= 15 is 0 Å².